The van der Waals surface area contributed by atoms with Crippen LogP contribution in [-0.2, 0) is 9.09 Å². The van der Waals surface area contributed by atoms with Crippen LogP contribution in [0.3, 0.4) is 0 Å². The SMILES string of the molecule is O=[P+](OC1CCCCC1)SS. The Balaban J connectivity index is 2.19. The number of rotatable bonds is 3. The molecule has 0 amide bonds. The Labute approximate surface area is 76.9 Å². The molecule has 1 saturated carbocycles. The Hall–Kier alpha value is 0.760. The van der Waals surface area contributed by atoms with Crippen molar-refractivity contribution in [2.75, 3.05) is 0 Å². The van der Waals surface area contributed by atoms with Crippen LogP contribution in [0, 0.1) is 0 Å². The second kappa shape index (κ2) is 5.41. The number of thiol groups is 1. The van der Waals surface area contributed by atoms with Crippen molar-refractivity contribution in [3.8, 4) is 0 Å². The zero-order valence-electron chi connectivity index (χ0n) is 6.23. The van der Waals surface area contributed by atoms with Crippen molar-refractivity contribution in [1.82, 2.24) is 0 Å². The maximum atomic E-state index is 10.9. The molecule has 5 heteroatoms. The summed E-state index contributed by atoms with van der Waals surface area (Å²) in [5.41, 5.74) is 0. The molecule has 1 rings (SSSR count). The van der Waals surface area contributed by atoms with Crippen molar-refractivity contribution >= 4 is 29.3 Å². The minimum absolute atomic E-state index is 0.229. The first kappa shape index (κ1) is 9.85. The molecule has 1 aliphatic carbocycles. The smallest absolute Gasteiger partial charge is 0.132 e. The molecule has 11 heavy (non-hydrogen) atoms. The van der Waals surface area contributed by atoms with Gasteiger partial charge in [0.1, 0.15) is 6.10 Å². The van der Waals surface area contributed by atoms with E-state index in [-0.39, 0.29) is 6.10 Å². The lowest BCUT2D eigenvalue weighted by Gasteiger charge is -2.15. The molecule has 1 fully saturated rings. The summed E-state index contributed by atoms with van der Waals surface area (Å²) in [6.07, 6.45) is 6.08. The average molecular weight is 211 g/mol. The topological polar surface area (TPSA) is 26.3 Å². The maximum absolute atomic E-state index is 10.9. The number of hydrogen-bond donors (Lipinski definition) is 1. The summed E-state index contributed by atoms with van der Waals surface area (Å²) >= 11 is 3.82. The van der Waals surface area contributed by atoms with Gasteiger partial charge in [-0.25, -0.2) is 0 Å². The highest BCUT2D eigenvalue weighted by atomic mass is 33.3. The molecule has 0 saturated heterocycles. The molecular weight excluding hydrogens is 199 g/mol. The lowest BCUT2D eigenvalue weighted by atomic mass is 9.98. The molecule has 0 heterocycles. The standard InChI is InChI=1S/C6H11O2PS2/c7-9(11-10)8-6-4-2-1-3-5-6/h6H,1-5H2/p+1. The maximum Gasteiger partial charge on any atom is 0.597 e. The molecule has 2 nitrogen and oxygen atoms in total. The van der Waals surface area contributed by atoms with Crippen LogP contribution in [0.25, 0.3) is 0 Å². The summed E-state index contributed by atoms with van der Waals surface area (Å²) in [5, 5.41) is 0. The first-order valence-corrected chi connectivity index (χ1v) is 7.43. The summed E-state index contributed by atoms with van der Waals surface area (Å²) in [6, 6.07) is 0. The van der Waals surface area contributed by atoms with Crippen LogP contribution in [0.4, 0.5) is 0 Å². The highest BCUT2D eigenvalue weighted by Crippen LogP contribution is 2.44. The van der Waals surface area contributed by atoms with Crippen molar-refractivity contribution in [3.05, 3.63) is 0 Å². The van der Waals surface area contributed by atoms with Gasteiger partial charge in [0.2, 0.25) is 10.4 Å². The molecule has 0 N–H and O–H groups in total. The van der Waals surface area contributed by atoms with Gasteiger partial charge in [0.05, 0.1) is 0 Å². The van der Waals surface area contributed by atoms with Gasteiger partial charge < -0.3 is 0 Å². The normalized spacial score (nSPS) is 21.7. The van der Waals surface area contributed by atoms with Gasteiger partial charge in [0.25, 0.3) is 0 Å². The first-order valence-electron chi connectivity index (χ1n) is 3.78. The fourth-order valence-corrected chi connectivity index (χ4v) is 2.63. The van der Waals surface area contributed by atoms with Crippen LogP contribution in [-0.4, -0.2) is 6.10 Å². The van der Waals surface area contributed by atoms with Gasteiger partial charge in [-0.15, -0.1) is 4.52 Å². The van der Waals surface area contributed by atoms with E-state index in [9.17, 15) is 4.57 Å². The molecule has 64 valence electrons. The number of hydrogen-bond acceptors (Lipinski definition) is 4. The quantitative estimate of drug-likeness (QED) is 0.439. The van der Waals surface area contributed by atoms with E-state index in [4.69, 9.17) is 4.52 Å². The lowest BCUT2D eigenvalue weighted by Crippen LogP contribution is -2.12. The largest absolute Gasteiger partial charge is 0.597 e. The van der Waals surface area contributed by atoms with E-state index in [0.29, 0.717) is 0 Å². The molecule has 1 atom stereocenters. The van der Waals surface area contributed by atoms with E-state index in [1.54, 1.807) is 0 Å². The lowest BCUT2D eigenvalue weighted by molar-refractivity contribution is 0.171. The van der Waals surface area contributed by atoms with Crippen LogP contribution in [0.1, 0.15) is 32.1 Å². The Morgan fingerprint density at radius 1 is 1.36 bits per heavy atom. The van der Waals surface area contributed by atoms with Crippen LogP contribution < -0.4 is 0 Å². The molecular formula is C6H12O2PS2+. The van der Waals surface area contributed by atoms with Gasteiger partial charge in [-0.05, 0) is 17.4 Å². The van der Waals surface area contributed by atoms with Crippen molar-refractivity contribution < 1.29 is 9.09 Å². The molecule has 0 spiro atoms. The summed E-state index contributed by atoms with van der Waals surface area (Å²) in [5.74, 6) is 0. The minimum Gasteiger partial charge on any atom is -0.132 e. The first-order chi connectivity index (χ1) is 5.33. The van der Waals surface area contributed by atoms with Crippen LogP contribution >= 0.6 is 29.3 Å². The van der Waals surface area contributed by atoms with Crippen molar-refractivity contribution in [3.63, 3.8) is 0 Å². The third-order valence-corrected chi connectivity index (χ3v) is 4.32. The molecule has 0 aromatic rings. The van der Waals surface area contributed by atoms with Crippen LogP contribution in [0.15, 0.2) is 0 Å². The molecule has 0 bridgehead atoms. The Bertz CT molecular complexity index is 137. The third-order valence-electron chi connectivity index (χ3n) is 1.85. The van der Waals surface area contributed by atoms with Crippen molar-refractivity contribution in [2.45, 2.75) is 38.2 Å². The van der Waals surface area contributed by atoms with Gasteiger partial charge in [-0.3, -0.25) is 0 Å². The monoisotopic (exact) mass is 211 g/mol. The van der Waals surface area contributed by atoms with Gasteiger partial charge in [0, 0.05) is 0 Å². The van der Waals surface area contributed by atoms with E-state index in [1.165, 1.54) is 19.3 Å². The zero-order valence-corrected chi connectivity index (χ0v) is 8.84. The van der Waals surface area contributed by atoms with E-state index >= 15 is 0 Å². The van der Waals surface area contributed by atoms with E-state index < -0.39 is 7.23 Å². The summed E-state index contributed by atoms with van der Waals surface area (Å²) in [7, 11) is -0.570. The predicted molar refractivity (Wildman–Crippen MR) is 52.1 cm³/mol. The van der Waals surface area contributed by atoms with Gasteiger partial charge in [0.15, 0.2) is 0 Å². The molecule has 1 unspecified atom stereocenters. The molecule has 0 aliphatic heterocycles. The Kier molecular flexibility index (Phi) is 4.85. The van der Waals surface area contributed by atoms with Gasteiger partial charge >= 0.3 is 7.23 Å². The van der Waals surface area contributed by atoms with Crippen molar-refractivity contribution in [1.29, 1.82) is 0 Å². The highest BCUT2D eigenvalue weighted by Gasteiger charge is 2.26. The molecule has 1 aliphatic rings. The van der Waals surface area contributed by atoms with E-state index in [2.05, 4.69) is 11.7 Å². The predicted octanol–water partition coefficient (Wildman–Crippen LogP) is 3.57. The molecule has 0 radical (unpaired) electrons. The van der Waals surface area contributed by atoms with Crippen molar-refractivity contribution in [2.24, 2.45) is 0 Å². The summed E-state index contributed by atoms with van der Waals surface area (Å²) < 4.78 is 16.1. The minimum atomic E-state index is -1.57. The highest BCUT2D eigenvalue weighted by molar-refractivity contribution is 8.91. The third kappa shape index (κ3) is 3.79. The van der Waals surface area contributed by atoms with Gasteiger partial charge in [-0.1, -0.05) is 30.9 Å². The molecule has 0 aromatic carbocycles. The second-order valence-corrected chi connectivity index (χ2v) is 6.35. The van der Waals surface area contributed by atoms with Crippen LogP contribution in [0.2, 0.25) is 0 Å². The van der Waals surface area contributed by atoms with Crippen LogP contribution in [0.5, 0.6) is 0 Å². The Morgan fingerprint density at radius 2 is 2.00 bits per heavy atom. The summed E-state index contributed by atoms with van der Waals surface area (Å²) in [6.45, 7) is 0. The Morgan fingerprint density at radius 3 is 2.55 bits per heavy atom. The zero-order chi connectivity index (χ0) is 8.10. The second-order valence-electron chi connectivity index (χ2n) is 2.67. The molecule has 0 aromatic heterocycles. The fourth-order valence-electron chi connectivity index (χ4n) is 1.31. The fraction of sp³-hybridized carbons (Fsp3) is 1.00. The average Bonchev–Trinajstić information content (AvgIpc) is 2.06. The summed E-state index contributed by atoms with van der Waals surface area (Å²) in [4.78, 5) is 0. The van der Waals surface area contributed by atoms with E-state index in [0.717, 1.165) is 23.3 Å². The van der Waals surface area contributed by atoms with E-state index in [1.807, 2.05) is 0 Å². The van der Waals surface area contributed by atoms with Gasteiger partial charge in [-0.2, -0.15) is 0 Å².